The lowest BCUT2D eigenvalue weighted by atomic mass is 10.1. The molecule has 0 saturated heterocycles. The molecule has 0 aliphatic carbocycles. The van der Waals surface area contributed by atoms with Crippen molar-refractivity contribution in [2.45, 2.75) is 20.3 Å². The molecule has 3 aromatic rings. The quantitative estimate of drug-likeness (QED) is 0.602. The number of hydrogen-bond donors (Lipinski definition) is 2. The maximum absolute atomic E-state index is 4.55. The van der Waals surface area contributed by atoms with Crippen molar-refractivity contribution in [3.8, 4) is 0 Å². The zero-order valence-electron chi connectivity index (χ0n) is 13.7. The Bertz CT molecular complexity index is 831. The van der Waals surface area contributed by atoms with E-state index in [9.17, 15) is 0 Å². The number of benzene rings is 2. The molecule has 0 spiro atoms. The average molecular weight is 383 g/mol. The van der Waals surface area contributed by atoms with Gasteiger partial charge in [-0.15, -0.1) is 0 Å². The normalized spacial score (nSPS) is 10.5. The smallest absolute Gasteiger partial charge is 0.229 e. The van der Waals surface area contributed by atoms with Crippen molar-refractivity contribution < 1.29 is 0 Å². The van der Waals surface area contributed by atoms with E-state index in [-0.39, 0.29) is 0 Å². The zero-order chi connectivity index (χ0) is 16.9. The van der Waals surface area contributed by atoms with Crippen molar-refractivity contribution in [3.05, 3.63) is 70.3 Å². The van der Waals surface area contributed by atoms with Crippen molar-refractivity contribution in [3.63, 3.8) is 0 Å². The van der Waals surface area contributed by atoms with Crippen LogP contribution in [0.2, 0.25) is 0 Å². The zero-order valence-corrected chi connectivity index (χ0v) is 15.3. The van der Waals surface area contributed by atoms with Crippen LogP contribution in [0.25, 0.3) is 0 Å². The number of nitrogens with one attached hydrogen (secondary N) is 2. The van der Waals surface area contributed by atoms with E-state index in [1.807, 2.05) is 49.4 Å². The van der Waals surface area contributed by atoms with Crippen LogP contribution in [0.5, 0.6) is 0 Å². The molecular weight excluding hydrogens is 364 g/mol. The molecule has 2 N–H and O–H groups in total. The van der Waals surface area contributed by atoms with E-state index >= 15 is 0 Å². The second-order valence-electron chi connectivity index (χ2n) is 5.50. The van der Waals surface area contributed by atoms with Crippen molar-refractivity contribution >= 4 is 39.1 Å². The van der Waals surface area contributed by atoms with Crippen LogP contribution in [0, 0.1) is 6.92 Å². The van der Waals surface area contributed by atoms with E-state index in [1.165, 1.54) is 5.56 Å². The molecule has 1 heterocycles. The van der Waals surface area contributed by atoms with Crippen molar-refractivity contribution in [2.75, 3.05) is 10.6 Å². The van der Waals surface area contributed by atoms with E-state index in [0.29, 0.717) is 5.95 Å². The third kappa shape index (κ3) is 4.11. The van der Waals surface area contributed by atoms with Gasteiger partial charge in [0, 0.05) is 21.9 Å². The summed E-state index contributed by atoms with van der Waals surface area (Å²) in [6.07, 6.45) is 1.03. The summed E-state index contributed by atoms with van der Waals surface area (Å²) < 4.78 is 0.992. The molecule has 5 heteroatoms. The second-order valence-corrected chi connectivity index (χ2v) is 6.35. The SMILES string of the molecule is CCc1ccc(Nc2nc(C)cc(Nc3ccccc3Br)n2)cc1. The number of aromatic nitrogens is 2. The van der Waals surface area contributed by atoms with Crippen LogP contribution < -0.4 is 10.6 Å². The summed E-state index contributed by atoms with van der Waals surface area (Å²) in [5, 5.41) is 6.58. The number of nitrogens with zero attached hydrogens (tertiary/aromatic N) is 2. The van der Waals surface area contributed by atoms with Crippen LogP contribution in [-0.4, -0.2) is 9.97 Å². The molecule has 2 aromatic carbocycles. The highest BCUT2D eigenvalue weighted by Crippen LogP contribution is 2.25. The Morgan fingerprint density at radius 2 is 1.71 bits per heavy atom. The largest absolute Gasteiger partial charge is 0.339 e. The summed E-state index contributed by atoms with van der Waals surface area (Å²) in [4.78, 5) is 9.02. The first-order valence-electron chi connectivity index (χ1n) is 7.87. The van der Waals surface area contributed by atoms with Crippen LogP contribution in [0.1, 0.15) is 18.2 Å². The Hall–Kier alpha value is -2.40. The van der Waals surface area contributed by atoms with Gasteiger partial charge in [0.2, 0.25) is 5.95 Å². The van der Waals surface area contributed by atoms with Gasteiger partial charge in [-0.3, -0.25) is 0 Å². The lowest BCUT2D eigenvalue weighted by Gasteiger charge is -2.11. The van der Waals surface area contributed by atoms with Gasteiger partial charge >= 0.3 is 0 Å². The van der Waals surface area contributed by atoms with E-state index in [2.05, 4.69) is 55.6 Å². The molecule has 4 nitrogen and oxygen atoms in total. The maximum atomic E-state index is 4.55. The molecule has 1 aromatic heterocycles. The first-order valence-corrected chi connectivity index (χ1v) is 8.66. The number of anilines is 4. The monoisotopic (exact) mass is 382 g/mol. The lowest BCUT2D eigenvalue weighted by Crippen LogP contribution is -2.02. The lowest BCUT2D eigenvalue weighted by molar-refractivity contribution is 1.10. The minimum absolute atomic E-state index is 0.578. The standard InChI is InChI=1S/C19H19BrN4/c1-3-14-8-10-15(11-9-14)22-19-21-13(2)12-18(24-19)23-17-7-5-4-6-16(17)20/h4-12H,3H2,1-2H3,(H2,21,22,23,24). The third-order valence-corrected chi connectivity index (χ3v) is 4.30. The third-order valence-electron chi connectivity index (χ3n) is 3.61. The number of hydrogen-bond acceptors (Lipinski definition) is 4. The summed E-state index contributed by atoms with van der Waals surface area (Å²) in [7, 11) is 0. The minimum Gasteiger partial charge on any atom is -0.339 e. The van der Waals surface area contributed by atoms with Gasteiger partial charge in [-0.25, -0.2) is 4.98 Å². The second kappa shape index (κ2) is 7.45. The maximum Gasteiger partial charge on any atom is 0.229 e. The first-order chi connectivity index (χ1) is 11.6. The van der Waals surface area contributed by atoms with Gasteiger partial charge in [-0.1, -0.05) is 31.2 Å². The van der Waals surface area contributed by atoms with Crippen molar-refractivity contribution in [1.82, 2.24) is 9.97 Å². The summed E-state index contributed by atoms with van der Waals surface area (Å²) in [6.45, 7) is 4.10. The summed E-state index contributed by atoms with van der Waals surface area (Å²) in [5.74, 6) is 1.33. The molecule has 0 aliphatic rings. The summed E-state index contributed by atoms with van der Waals surface area (Å²) in [6, 6.07) is 18.2. The van der Waals surface area contributed by atoms with E-state index in [4.69, 9.17) is 0 Å². The van der Waals surface area contributed by atoms with Crippen LogP contribution in [0.4, 0.5) is 23.1 Å². The predicted molar refractivity (Wildman–Crippen MR) is 103 cm³/mol. The van der Waals surface area contributed by atoms with Crippen molar-refractivity contribution in [2.24, 2.45) is 0 Å². The molecule has 0 radical (unpaired) electrons. The molecule has 0 amide bonds. The minimum atomic E-state index is 0.578. The van der Waals surface area contributed by atoms with E-state index in [0.717, 1.165) is 33.8 Å². The fourth-order valence-corrected chi connectivity index (χ4v) is 2.73. The van der Waals surface area contributed by atoms with Gasteiger partial charge in [0.1, 0.15) is 5.82 Å². The topological polar surface area (TPSA) is 49.8 Å². The van der Waals surface area contributed by atoms with Crippen LogP contribution in [0.15, 0.2) is 59.1 Å². The van der Waals surface area contributed by atoms with Crippen molar-refractivity contribution in [1.29, 1.82) is 0 Å². The number of halogens is 1. The average Bonchev–Trinajstić information content (AvgIpc) is 2.57. The number of aryl methyl sites for hydroxylation is 2. The van der Waals surface area contributed by atoms with Gasteiger partial charge in [-0.05, 0) is 59.1 Å². The molecule has 0 unspecified atom stereocenters. The fraction of sp³-hybridized carbons (Fsp3) is 0.158. The molecule has 122 valence electrons. The fourth-order valence-electron chi connectivity index (χ4n) is 2.34. The summed E-state index contributed by atoms with van der Waals surface area (Å²) in [5.41, 5.74) is 4.15. The van der Waals surface area contributed by atoms with Gasteiger partial charge in [0.15, 0.2) is 0 Å². The first kappa shape index (κ1) is 16.5. The Kier molecular flexibility index (Phi) is 5.11. The molecule has 0 saturated carbocycles. The molecule has 0 fully saturated rings. The molecule has 0 bridgehead atoms. The molecule has 0 aliphatic heterocycles. The molecule has 0 atom stereocenters. The van der Waals surface area contributed by atoms with E-state index < -0.39 is 0 Å². The molecule has 3 rings (SSSR count). The Morgan fingerprint density at radius 3 is 2.42 bits per heavy atom. The van der Waals surface area contributed by atoms with Crippen LogP contribution in [-0.2, 0) is 6.42 Å². The van der Waals surface area contributed by atoms with Crippen LogP contribution >= 0.6 is 15.9 Å². The number of rotatable bonds is 5. The van der Waals surface area contributed by atoms with E-state index in [1.54, 1.807) is 0 Å². The van der Waals surface area contributed by atoms with Crippen LogP contribution in [0.3, 0.4) is 0 Å². The molecular formula is C19H19BrN4. The predicted octanol–water partition coefficient (Wildman–Crippen LogP) is 5.60. The Balaban J connectivity index is 1.81. The molecule has 24 heavy (non-hydrogen) atoms. The Labute approximate surface area is 150 Å². The van der Waals surface area contributed by atoms with Gasteiger partial charge in [-0.2, -0.15) is 4.98 Å². The van der Waals surface area contributed by atoms with Gasteiger partial charge in [0.05, 0.1) is 5.69 Å². The summed E-state index contributed by atoms with van der Waals surface area (Å²) >= 11 is 3.54. The van der Waals surface area contributed by atoms with Gasteiger partial charge < -0.3 is 10.6 Å². The van der Waals surface area contributed by atoms with Gasteiger partial charge in [0.25, 0.3) is 0 Å². The number of para-hydroxylation sites is 1. The highest BCUT2D eigenvalue weighted by Gasteiger charge is 2.05. The Morgan fingerprint density at radius 1 is 0.958 bits per heavy atom. The highest BCUT2D eigenvalue weighted by atomic mass is 79.9. The highest BCUT2D eigenvalue weighted by molar-refractivity contribution is 9.10.